The maximum atomic E-state index is 11.4. The Balaban J connectivity index is 2.38. The highest BCUT2D eigenvalue weighted by Gasteiger charge is 2.23. The number of benzene rings is 2. The molecule has 0 aliphatic heterocycles. The van der Waals surface area contributed by atoms with Crippen molar-refractivity contribution in [2.45, 2.75) is 33.6 Å². The molecular weight excluding hydrogens is 408 g/mol. The normalized spacial score (nSPS) is 11.6. The number of phenols is 2. The molecule has 2 aromatic carbocycles. The van der Waals surface area contributed by atoms with E-state index in [9.17, 15) is 20.1 Å². The SMILES string of the molecule is C=C/C(C)=C\c1c(C)cccc1-n1c(NC(=O)O)nnc1-c1cc(C(C)C)c(O)cc1O. The van der Waals surface area contributed by atoms with E-state index in [1.54, 1.807) is 16.7 Å². The molecule has 0 bridgehead atoms. The van der Waals surface area contributed by atoms with E-state index in [2.05, 4.69) is 22.1 Å². The summed E-state index contributed by atoms with van der Waals surface area (Å²) in [5.41, 5.74) is 4.23. The smallest absolute Gasteiger partial charge is 0.411 e. The number of hydrogen-bond donors (Lipinski definition) is 4. The first-order valence-electron chi connectivity index (χ1n) is 10.1. The van der Waals surface area contributed by atoms with Gasteiger partial charge in [-0.2, -0.15) is 0 Å². The second kappa shape index (κ2) is 8.97. The standard InChI is InChI=1S/C24H26N4O4/c1-6-14(4)10-17-15(5)8-7-9-19(17)28-22(26-27-23(28)25-24(31)32)18-11-16(13(2)3)20(29)12-21(18)30/h6-13,29-30H,1H2,2-5H3,(H,25,27)(H,31,32)/b14-10-. The fourth-order valence-corrected chi connectivity index (χ4v) is 3.43. The van der Waals surface area contributed by atoms with Gasteiger partial charge in [0.1, 0.15) is 11.5 Å². The lowest BCUT2D eigenvalue weighted by Gasteiger charge is -2.17. The van der Waals surface area contributed by atoms with Crippen molar-refractivity contribution in [1.29, 1.82) is 0 Å². The van der Waals surface area contributed by atoms with Crippen LogP contribution in [0.1, 0.15) is 43.4 Å². The summed E-state index contributed by atoms with van der Waals surface area (Å²) in [5, 5.41) is 40.7. The first-order valence-corrected chi connectivity index (χ1v) is 10.1. The van der Waals surface area contributed by atoms with Gasteiger partial charge in [0.25, 0.3) is 0 Å². The van der Waals surface area contributed by atoms with Gasteiger partial charge in [0.05, 0.1) is 11.3 Å². The molecule has 0 aliphatic rings. The minimum absolute atomic E-state index is 0.0185. The minimum Gasteiger partial charge on any atom is -0.508 e. The van der Waals surface area contributed by atoms with Crippen molar-refractivity contribution in [3.8, 4) is 28.6 Å². The molecule has 0 saturated heterocycles. The Morgan fingerprint density at radius 3 is 2.53 bits per heavy atom. The third kappa shape index (κ3) is 4.34. The van der Waals surface area contributed by atoms with E-state index in [1.165, 1.54) is 6.07 Å². The summed E-state index contributed by atoms with van der Waals surface area (Å²) in [5.74, 6) is -0.0475. The molecule has 3 aromatic rings. The third-order valence-electron chi connectivity index (χ3n) is 5.13. The molecule has 0 fully saturated rings. The highest BCUT2D eigenvalue weighted by molar-refractivity contribution is 5.83. The molecule has 8 heteroatoms. The maximum absolute atomic E-state index is 11.4. The molecule has 166 valence electrons. The summed E-state index contributed by atoms with van der Waals surface area (Å²) in [6, 6.07) is 8.49. The number of carbonyl (C=O) groups is 1. The molecular formula is C24H26N4O4. The van der Waals surface area contributed by atoms with Gasteiger partial charge in [-0.25, -0.2) is 4.79 Å². The Kier molecular flexibility index (Phi) is 6.34. The zero-order chi connectivity index (χ0) is 23.6. The zero-order valence-corrected chi connectivity index (χ0v) is 18.4. The van der Waals surface area contributed by atoms with E-state index in [0.717, 1.165) is 16.7 Å². The van der Waals surface area contributed by atoms with Crippen molar-refractivity contribution < 1.29 is 20.1 Å². The summed E-state index contributed by atoms with van der Waals surface area (Å²) in [7, 11) is 0. The fraction of sp³-hybridized carbons (Fsp3) is 0.208. The fourth-order valence-electron chi connectivity index (χ4n) is 3.43. The molecule has 8 nitrogen and oxygen atoms in total. The van der Waals surface area contributed by atoms with Crippen LogP contribution in [0.5, 0.6) is 11.5 Å². The van der Waals surface area contributed by atoms with Crippen molar-refractivity contribution in [2.24, 2.45) is 0 Å². The summed E-state index contributed by atoms with van der Waals surface area (Å²) < 4.78 is 1.54. The van der Waals surface area contributed by atoms with Gasteiger partial charge in [0.15, 0.2) is 5.82 Å². The Labute approximate surface area is 186 Å². The van der Waals surface area contributed by atoms with Gasteiger partial charge in [-0.15, -0.1) is 10.2 Å². The Morgan fingerprint density at radius 1 is 1.19 bits per heavy atom. The predicted molar refractivity (Wildman–Crippen MR) is 124 cm³/mol. The molecule has 0 aliphatic carbocycles. The summed E-state index contributed by atoms with van der Waals surface area (Å²) in [4.78, 5) is 11.4. The number of nitrogens with one attached hydrogen (secondary N) is 1. The quantitative estimate of drug-likeness (QED) is 0.383. The van der Waals surface area contributed by atoms with E-state index in [1.807, 2.05) is 52.0 Å². The number of amides is 1. The van der Waals surface area contributed by atoms with Gasteiger partial charge in [-0.05, 0) is 49.1 Å². The van der Waals surface area contributed by atoms with Crippen LogP contribution in [0, 0.1) is 6.92 Å². The summed E-state index contributed by atoms with van der Waals surface area (Å²) >= 11 is 0. The van der Waals surface area contributed by atoms with Crippen LogP contribution in [0.3, 0.4) is 0 Å². The average molecular weight is 434 g/mol. The minimum atomic E-state index is -1.30. The molecule has 1 amide bonds. The highest BCUT2D eigenvalue weighted by Crippen LogP contribution is 2.39. The number of anilines is 1. The average Bonchev–Trinajstić information content (AvgIpc) is 3.11. The van der Waals surface area contributed by atoms with Crippen LogP contribution in [0.4, 0.5) is 10.7 Å². The topological polar surface area (TPSA) is 121 Å². The van der Waals surface area contributed by atoms with E-state index in [0.29, 0.717) is 16.8 Å². The molecule has 3 rings (SSSR count). The lowest BCUT2D eigenvalue weighted by molar-refractivity contribution is 0.209. The molecule has 0 atom stereocenters. The van der Waals surface area contributed by atoms with Crippen molar-refractivity contribution in [1.82, 2.24) is 14.8 Å². The van der Waals surface area contributed by atoms with E-state index >= 15 is 0 Å². The molecule has 32 heavy (non-hydrogen) atoms. The van der Waals surface area contributed by atoms with Crippen molar-refractivity contribution >= 4 is 18.1 Å². The van der Waals surface area contributed by atoms with Gasteiger partial charge < -0.3 is 15.3 Å². The van der Waals surface area contributed by atoms with Crippen molar-refractivity contribution in [3.63, 3.8) is 0 Å². The van der Waals surface area contributed by atoms with Crippen LogP contribution >= 0.6 is 0 Å². The second-order valence-corrected chi connectivity index (χ2v) is 7.80. The van der Waals surface area contributed by atoms with Crippen LogP contribution in [-0.4, -0.2) is 36.2 Å². The Morgan fingerprint density at radius 2 is 1.91 bits per heavy atom. The number of aromatic nitrogens is 3. The number of nitrogens with zero attached hydrogens (tertiary/aromatic N) is 3. The third-order valence-corrected chi connectivity index (χ3v) is 5.13. The lowest BCUT2D eigenvalue weighted by Crippen LogP contribution is -2.13. The van der Waals surface area contributed by atoms with Crippen LogP contribution in [-0.2, 0) is 0 Å². The second-order valence-electron chi connectivity index (χ2n) is 7.80. The number of hydrogen-bond acceptors (Lipinski definition) is 5. The van der Waals surface area contributed by atoms with Gasteiger partial charge in [0.2, 0.25) is 5.95 Å². The molecule has 1 heterocycles. The van der Waals surface area contributed by atoms with E-state index in [4.69, 9.17) is 0 Å². The lowest BCUT2D eigenvalue weighted by atomic mass is 9.98. The van der Waals surface area contributed by atoms with Crippen molar-refractivity contribution in [2.75, 3.05) is 5.32 Å². The summed E-state index contributed by atoms with van der Waals surface area (Å²) in [6.07, 6.45) is 2.36. The number of carboxylic acid groups (broad SMARTS) is 1. The van der Waals surface area contributed by atoms with Crippen molar-refractivity contribution in [3.05, 3.63) is 65.3 Å². The van der Waals surface area contributed by atoms with Crippen LogP contribution in [0.2, 0.25) is 0 Å². The number of aryl methyl sites for hydroxylation is 1. The molecule has 0 spiro atoms. The van der Waals surface area contributed by atoms with Crippen LogP contribution in [0.25, 0.3) is 23.2 Å². The summed E-state index contributed by atoms with van der Waals surface area (Å²) in [6.45, 7) is 11.5. The molecule has 4 N–H and O–H groups in total. The van der Waals surface area contributed by atoms with Gasteiger partial charge in [-0.3, -0.25) is 9.88 Å². The van der Waals surface area contributed by atoms with Gasteiger partial charge in [0, 0.05) is 11.6 Å². The van der Waals surface area contributed by atoms with Gasteiger partial charge in [-0.1, -0.05) is 44.2 Å². The molecule has 1 aromatic heterocycles. The monoisotopic (exact) mass is 434 g/mol. The van der Waals surface area contributed by atoms with Gasteiger partial charge >= 0.3 is 6.09 Å². The first-order chi connectivity index (χ1) is 15.1. The molecule has 0 saturated carbocycles. The Bertz CT molecular complexity index is 1220. The molecule has 0 unspecified atom stereocenters. The number of phenolic OH excluding ortho intramolecular Hbond substituents is 2. The maximum Gasteiger partial charge on any atom is 0.411 e. The van der Waals surface area contributed by atoms with Crippen LogP contribution in [0.15, 0.2) is 48.6 Å². The first kappa shape index (κ1) is 22.6. The zero-order valence-electron chi connectivity index (χ0n) is 18.4. The highest BCUT2D eigenvalue weighted by atomic mass is 16.4. The molecule has 0 radical (unpaired) electrons. The van der Waals surface area contributed by atoms with Crippen LogP contribution < -0.4 is 5.32 Å². The number of rotatable bonds is 6. The number of aromatic hydroxyl groups is 2. The predicted octanol–water partition coefficient (Wildman–Crippen LogP) is 5.46. The Hall–Kier alpha value is -4.07. The van der Waals surface area contributed by atoms with E-state index in [-0.39, 0.29) is 29.2 Å². The number of allylic oxidation sites excluding steroid dienone is 2. The largest absolute Gasteiger partial charge is 0.508 e. The van der Waals surface area contributed by atoms with E-state index < -0.39 is 6.09 Å².